The first kappa shape index (κ1) is 17.1. The van der Waals surface area contributed by atoms with Gasteiger partial charge in [-0.25, -0.2) is 0 Å². The van der Waals surface area contributed by atoms with Crippen LogP contribution in [-0.2, 0) is 4.79 Å². The van der Waals surface area contributed by atoms with Crippen LogP contribution in [0.25, 0.3) is 0 Å². The lowest BCUT2D eigenvalue weighted by molar-refractivity contribution is -0.124. The average Bonchev–Trinajstić information content (AvgIpc) is 2.15. The van der Waals surface area contributed by atoms with E-state index >= 15 is 0 Å². The summed E-state index contributed by atoms with van der Waals surface area (Å²) in [5, 5.41) is 15.0. The van der Waals surface area contributed by atoms with E-state index in [1.807, 2.05) is 20.9 Å². The van der Waals surface area contributed by atoms with E-state index in [9.17, 15) is 9.90 Å². The molecule has 0 bridgehead atoms. The molecular formula is C10H23ClN2O2. The summed E-state index contributed by atoms with van der Waals surface area (Å²) in [4.78, 5) is 11.4. The summed E-state index contributed by atoms with van der Waals surface area (Å²) in [6.07, 6.45) is 1.26. The molecule has 2 atom stereocenters. The van der Waals surface area contributed by atoms with Crippen LogP contribution in [0.2, 0.25) is 0 Å². The molecule has 4 nitrogen and oxygen atoms in total. The highest BCUT2D eigenvalue weighted by atomic mass is 35.5. The predicted molar refractivity (Wildman–Crippen MR) is 64.3 cm³/mol. The zero-order valence-corrected chi connectivity index (χ0v) is 10.6. The van der Waals surface area contributed by atoms with Crippen LogP contribution in [-0.4, -0.2) is 37.3 Å². The lowest BCUT2D eigenvalue weighted by Gasteiger charge is -2.14. The van der Waals surface area contributed by atoms with Crippen molar-refractivity contribution in [2.24, 2.45) is 5.92 Å². The Morgan fingerprint density at radius 2 is 2.00 bits per heavy atom. The van der Waals surface area contributed by atoms with Crippen LogP contribution >= 0.6 is 12.4 Å². The number of rotatable bonds is 7. The number of hydrogen-bond donors (Lipinski definition) is 3. The number of aliphatic hydroxyl groups excluding tert-OH is 1. The molecule has 0 heterocycles. The zero-order chi connectivity index (χ0) is 11.0. The van der Waals surface area contributed by atoms with E-state index in [1.54, 1.807) is 0 Å². The maximum Gasteiger partial charge on any atom is 0.224 e. The largest absolute Gasteiger partial charge is 0.391 e. The van der Waals surface area contributed by atoms with Crippen molar-refractivity contribution >= 4 is 18.3 Å². The molecule has 5 heteroatoms. The lowest BCUT2D eigenvalue weighted by atomic mass is 10.1. The van der Waals surface area contributed by atoms with Crippen molar-refractivity contribution in [1.82, 2.24) is 10.6 Å². The van der Waals surface area contributed by atoms with Gasteiger partial charge in [0.25, 0.3) is 0 Å². The summed E-state index contributed by atoms with van der Waals surface area (Å²) in [7, 11) is 1.82. The van der Waals surface area contributed by atoms with Crippen LogP contribution < -0.4 is 10.6 Å². The summed E-state index contributed by atoms with van der Waals surface area (Å²) in [5.41, 5.74) is 0. The van der Waals surface area contributed by atoms with Crippen molar-refractivity contribution in [1.29, 1.82) is 0 Å². The SMILES string of the molecule is CCCC(O)CNC(=O)C(C)CNC.Cl. The fraction of sp³-hybridized carbons (Fsp3) is 0.900. The molecule has 0 aromatic heterocycles. The number of carbonyl (C=O) groups excluding carboxylic acids is 1. The Labute approximate surface area is 98.2 Å². The molecule has 92 valence electrons. The Balaban J connectivity index is 0. The smallest absolute Gasteiger partial charge is 0.224 e. The molecule has 0 aromatic carbocycles. The van der Waals surface area contributed by atoms with Crippen molar-refractivity contribution in [2.45, 2.75) is 32.8 Å². The van der Waals surface area contributed by atoms with Crippen molar-refractivity contribution in [2.75, 3.05) is 20.1 Å². The van der Waals surface area contributed by atoms with Crippen molar-refractivity contribution in [3.63, 3.8) is 0 Å². The summed E-state index contributed by atoms with van der Waals surface area (Å²) < 4.78 is 0. The Hall–Kier alpha value is -0.320. The third kappa shape index (κ3) is 8.66. The fourth-order valence-electron chi connectivity index (χ4n) is 1.23. The van der Waals surface area contributed by atoms with E-state index in [1.165, 1.54) is 0 Å². The van der Waals surface area contributed by atoms with Gasteiger partial charge in [0.2, 0.25) is 5.91 Å². The molecule has 2 unspecified atom stereocenters. The molecule has 0 saturated heterocycles. The number of nitrogens with one attached hydrogen (secondary N) is 2. The van der Waals surface area contributed by atoms with Gasteiger partial charge in [0.05, 0.1) is 6.10 Å². The van der Waals surface area contributed by atoms with Crippen LogP contribution in [0.5, 0.6) is 0 Å². The predicted octanol–water partition coefficient (Wildman–Crippen LogP) is 0.541. The summed E-state index contributed by atoms with van der Waals surface area (Å²) >= 11 is 0. The second-order valence-corrected chi connectivity index (χ2v) is 3.65. The highest BCUT2D eigenvalue weighted by molar-refractivity contribution is 5.85. The van der Waals surface area contributed by atoms with Crippen LogP contribution in [0.4, 0.5) is 0 Å². The van der Waals surface area contributed by atoms with E-state index in [0.29, 0.717) is 13.1 Å². The minimum atomic E-state index is -0.411. The molecule has 0 aliphatic heterocycles. The Bertz CT molecular complexity index is 168. The van der Waals surface area contributed by atoms with Gasteiger partial charge in [-0.1, -0.05) is 20.3 Å². The van der Waals surface area contributed by atoms with E-state index in [4.69, 9.17) is 0 Å². The second-order valence-electron chi connectivity index (χ2n) is 3.65. The monoisotopic (exact) mass is 238 g/mol. The molecular weight excluding hydrogens is 216 g/mol. The molecule has 0 rings (SSSR count). The van der Waals surface area contributed by atoms with E-state index < -0.39 is 6.10 Å². The zero-order valence-electron chi connectivity index (χ0n) is 9.75. The van der Waals surface area contributed by atoms with Crippen LogP contribution in [0.1, 0.15) is 26.7 Å². The van der Waals surface area contributed by atoms with Gasteiger partial charge in [0, 0.05) is 19.0 Å². The molecule has 0 aliphatic rings. The third-order valence-electron chi connectivity index (χ3n) is 2.09. The van der Waals surface area contributed by atoms with E-state index in [2.05, 4.69) is 10.6 Å². The normalized spacial score (nSPS) is 13.9. The topological polar surface area (TPSA) is 61.4 Å². The van der Waals surface area contributed by atoms with Crippen LogP contribution in [0.3, 0.4) is 0 Å². The number of aliphatic hydroxyl groups is 1. The minimum absolute atomic E-state index is 0. The van der Waals surface area contributed by atoms with Gasteiger partial charge in [-0.05, 0) is 13.5 Å². The first-order valence-electron chi connectivity index (χ1n) is 5.22. The molecule has 0 spiro atoms. The second kappa shape index (κ2) is 10.2. The lowest BCUT2D eigenvalue weighted by Crippen LogP contribution is -2.38. The highest BCUT2D eigenvalue weighted by Crippen LogP contribution is 1.96. The molecule has 15 heavy (non-hydrogen) atoms. The van der Waals surface area contributed by atoms with Gasteiger partial charge in [-0.15, -0.1) is 12.4 Å². The van der Waals surface area contributed by atoms with Gasteiger partial charge in [0.15, 0.2) is 0 Å². The maximum atomic E-state index is 11.4. The standard InChI is InChI=1S/C10H22N2O2.ClH/c1-4-5-9(13)7-12-10(14)8(2)6-11-3;/h8-9,11,13H,4-7H2,1-3H3,(H,12,14);1H. The molecule has 0 radical (unpaired) electrons. The molecule has 0 aliphatic carbocycles. The molecule has 0 saturated carbocycles. The third-order valence-corrected chi connectivity index (χ3v) is 2.09. The van der Waals surface area contributed by atoms with E-state index in [-0.39, 0.29) is 24.2 Å². The molecule has 0 aromatic rings. The number of carbonyl (C=O) groups is 1. The van der Waals surface area contributed by atoms with Crippen molar-refractivity contribution in [3.05, 3.63) is 0 Å². The Kier molecular flexibility index (Phi) is 11.6. The first-order chi connectivity index (χ1) is 6.61. The number of hydrogen-bond acceptors (Lipinski definition) is 3. The van der Waals surface area contributed by atoms with Gasteiger partial charge in [0.1, 0.15) is 0 Å². The number of amides is 1. The van der Waals surface area contributed by atoms with Crippen LogP contribution in [0.15, 0.2) is 0 Å². The van der Waals surface area contributed by atoms with Gasteiger partial charge >= 0.3 is 0 Å². The maximum absolute atomic E-state index is 11.4. The van der Waals surface area contributed by atoms with Gasteiger partial charge in [-0.2, -0.15) is 0 Å². The summed E-state index contributed by atoms with van der Waals surface area (Å²) in [6, 6.07) is 0. The summed E-state index contributed by atoms with van der Waals surface area (Å²) in [6.45, 7) is 4.89. The molecule has 1 amide bonds. The van der Waals surface area contributed by atoms with Crippen molar-refractivity contribution in [3.8, 4) is 0 Å². The molecule has 0 fully saturated rings. The Morgan fingerprint density at radius 3 is 2.47 bits per heavy atom. The summed E-state index contributed by atoms with van der Waals surface area (Å²) in [5.74, 6) is -0.0525. The van der Waals surface area contributed by atoms with Crippen molar-refractivity contribution < 1.29 is 9.90 Å². The fourth-order valence-corrected chi connectivity index (χ4v) is 1.23. The highest BCUT2D eigenvalue weighted by Gasteiger charge is 2.12. The molecule has 3 N–H and O–H groups in total. The van der Waals surface area contributed by atoms with Crippen LogP contribution in [0, 0.1) is 5.92 Å². The number of halogens is 1. The average molecular weight is 239 g/mol. The Morgan fingerprint density at radius 1 is 1.40 bits per heavy atom. The quantitative estimate of drug-likeness (QED) is 0.607. The van der Waals surface area contributed by atoms with Gasteiger partial charge < -0.3 is 15.7 Å². The van der Waals surface area contributed by atoms with Gasteiger partial charge in [-0.3, -0.25) is 4.79 Å². The minimum Gasteiger partial charge on any atom is -0.391 e. The van der Waals surface area contributed by atoms with E-state index in [0.717, 1.165) is 12.8 Å². The first-order valence-corrected chi connectivity index (χ1v) is 5.22.